The molecule has 0 spiro atoms. The molecular weight excluding hydrogens is 374 g/mol. The van der Waals surface area contributed by atoms with E-state index in [2.05, 4.69) is 15.4 Å². The Morgan fingerprint density at radius 2 is 1.71 bits per heavy atom. The normalized spacial score (nSPS) is 16.0. The van der Waals surface area contributed by atoms with Crippen LogP contribution >= 0.6 is 0 Å². The molecule has 2 heterocycles. The fourth-order valence-corrected chi connectivity index (χ4v) is 2.90. The van der Waals surface area contributed by atoms with Crippen LogP contribution in [0.15, 0.2) is 54.6 Å². The van der Waals surface area contributed by atoms with Crippen molar-refractivity contribution in [2.75, 3.05) is 5.32 Å². The van der Waals surface area contributed by atoms with E-state index in [4.69, 9.17) is 5.26 Å². The zero-order valence-electron chi connectivity index (χ0n) is 14.1. The van der Waals surface area contributed by atoms with Gasteiger partial charge in [-0.05, 0) is 53.6 Å². The molecule has 4 rings (SSSR count). The summed E-state index contributed by atoms with van der Waals surface area (Å²) in [5.74, 6) is -1.77. The van der Waals surface area contributed by atoms with Crippen molar-refractivity contribution in [2.45, 2.75) is 12.2 Å². The van der Waals surface area contributed by atoms with Gasteiger partial charge >= 0.3 is 6.18 Å². The Balaban J connectivity index is 1.83. The van der Waals surface area contributed by atoms with E-state index in [1.807, 2.05) is 6.07 Å². The van der Waals surface area contributed by atoms with Gasteiger partial charge in [-0.2, -0.15) is 23.4 Å². The molecule has 1 aliphatic rings. The second-order valence-electron chi connectivity index (χ2n) is 6.09. The van der Waals surface area contributed by atoms with E-state index < -0.39 is 23.9 Å². The van der Waals surface area contributed by atoms with Gasteiger partial charge < -0.3 is 5.32 Å². The van der Waals surface area contributed by atoms with Gasteiger partial charge in [0.1, 0.15) is 11.9 Å². The fourth-order valence-electron chi connectivity index (χ4n) is 2.90. The maximum atomic E-state index is 13.2. The number of fused-ring (bicyclic) bond motifs is 1. The maximum absolute atomic E-state index is 13.2. The van der Waals surface area contributed by atoms with E-state index in [0.29, 0.717) is 22.4 Å². The predicted molar refractivity (Wildman–Crippen MR) is 92.3 cm³/mol. The summed E-state index contributed by atoms with van der Waals surface area (Å²) >= 11 is 0. The molecule has 1 atom stereocenters. The largest absolute Gasteiger partial charge is 0.453 e. The topological polar surface area (TPSA) is 66.5 Å². The Labute approximate surface area is 156 Å². The van der Waals surface area contributed by atoms with Crippen molar-refractivity contribution < 1.29 is 17.6 Å². The van der Waals surface area contributed by atoms with E-state index in [9.17, 15) is 17.6 Å². The Bertz CT molecular complexity index is 1090. The van der Waals surface area contributed by atoms with Gasteiger partial charge in [-0.25, -0.2) is 9.07 Å². The third-order valence-corrected chi connectivity index (χ3v) is 4.26. The summed E-state index contributed by atoms with van der Waals surface area (Å²) in [7, 11) is 0. The summed E-state index contributed by atoms with van der Waals surface area (Å²) in [4.78, 5) is 3.57. The third-order valence-electron chi connectivity index (χ3n) is 4.26. The van der Waals surface area contributed by atoms with Crippen molar-refractivity contribution in [3.63, 3.8) is 0 Å². The van der Waals surface area contributed by atoms with Crippen molar-refractivity contribution in [1.82, 2.24) is 14.8 Å². The zero-order chi connectivity index (χ0) is 19.9. The molecule has 3 aromatic rings. The lowest BCUT2D eigenvalue weighted by molar-refractivity contribution is -0.145. The monoisotopic (exact) mass is 385 g/mol. The van der Waals surface area contributed by atoms with Gasteiger partial charge in [0, 0.05) is 5.70 Å². The lowest BCUT2D eigenvalue weighted by Crippen LogP contribution is -2.20. The minimum absolute atomic E-state index is 0.0801. The Morgan fingerprint density at radius 1 is 1.04 bits per heavy atom. The zero-order valence-corrected chi connectivity index (χ0v) is 14.1. The van der Waals surface area contributed by atoms with E-state index >= 15 is 0 Å². The third kappa shape index (κ3) is 3.20. The molecule has 0 amide bonds. The van der Waals surface area contributed by atoms with E-state index in [-0.39, 0.29) is 5.95 Å². The molecule has 1 aromatic heterocycles. The van der Waals surface area contributed by atoms with Crippen LogP contribution in [-0.4, -0.2) is 14.8 Å². The van der Waals surface area contributed by atoms with Gasteiger partial charge in [-0.15, -0.1) is 5.10 Å². The molecular formula is C19H11F4N5. The summed E-state index contributed by atoms with van der Waals surface area (Å²) in [6.07, 6.45) is -3.02. The molecule has 0 saturated carbocycles. The number of rotatable bonds is 2. The molecule has 1 aliphatic heterocycles. The molecule has 9 heteroatoms. The maximum Gasteiger partial charge on any atom is 0.453 e. The first-order chi connectivity index (χ1) is 13.3. The molecule has 0 fully saturated rings. The molecule has 0 radical (unpaired) electrons. The van der Waals surface area contributed by atoms with Crippen LogP contribution < -0.4 is 5.32 Å². The first-order valence-electron chi connectivity index (χ1n) is 8.14. The summed E-state index contributed by atoms with van der Waals surface area (Å²) in [6.45, 7) is 0. The summed E-state index contributed by atoms with van der Waals surface area (Å²) < 4.78 is 53.7. The number of alkyl halides is 3. The first-order valence-corrected chi connectivity index (χ1v) is 8.14. The van der Waals surface area contributed by atoms with Crippen molar-refractivity contribution in [1.29, 1.82) is 5.26 Å². The number of benzene rings is 2. The van der Waals surface area contributed by atoms with Crippen molar-refractivity contribution >= 4 is 11.6 Å². The molecule has 2 aromatic carbocycles. The number of hydrogen-bond donors (Lipinski definition) is 1. The lowest BCUT2D eigenvalue weighted by Gasteiger charge is -2.24. The van der Waals surface area contributed by atoms with Gasteiger partial charge in [0.05, 0.1) is 11.6 Å². The molecule has 0 saturated heterocycles. The highest BCUT2D eigenvalue weighted by Gasteiger charge is 2.39. The van der Waals surface area contributed by atoms with Gasteiger partial charge in [0.2, 0.25) is 5.95 Å². The molecule has 1 N–H and O–H groups in total. The van der Waals surface area contributed by atoms with Gasteiger partial charge in [0.15, 0.2) is 0 Å². The number of nitriles is 1. The molecule has 0 unspecified atom stereocenters. The Hall–Kier alpha value is -3.67. The number of anilines is 1. The predicted octanol–water partition coefficient (Wildman–Crippen LogP) is 4.36. The molecule has 0 bridgehead atoms. The second kappa shape index (κ2) is 6.49. The molecule has 140 valence electrons. The number of nitrogens with one attached hydrogen (secondary N) is 1. The highest BCUT2D eigenvalue weighted by atomic mass is 19.4. The molecule has 28 heavy (non-hydrogen) atoms. The minimum Gasteiger partial charge on any atom is -0.324 e. The SMILES string of the molecule is N#Cc1ccc([C@H]2C=C(c3ccc(F)cc3)Nc3nc(C(F)(F)F)nn32)cc1. The van der Waals surface area contributed by atoms with Crippen LogP contribution in [-0.2, 0) is 6.18 Å². The summed E-state index contributed by atoms with van der Waals surface area (Å²) in [5.41, 5.74) is 2.11. The van der Waals surface area contributed by atoms with Crippen molar-refractivity contribution in [3.8, 4) is 6.07 Å². The van der Waals surface area contributed by atoms with Crippen LogP contribution in [0.3, 0.4) is 0 Å². The quantitative estimate of drug-likeness (QED) is 0.666. The average Bonchev–Trinajstić information content (AvgIpc) is 3.13. The van der Waals surface area contributed by atoms with Crippen LogP contribution in [0.5, 0.6) is 0 Å². The fraction of sp³-hybridized carbons (Fsp3) is 0.105. The number of allylic oxidation sites excluding steroid dienone is 1. The van der Waals surface area contributed by atoms with Crippen LogP contribution in [0.1, 0.15) is 28.6 Å². The minimum atomic E-state index is -4.70. The van der Waals surface area contributed by atoms with Crippen molar-refractivity contribution in [2.24, 2.45) is 0 Å². The van der Waals surface area contributed by atoms with Crippen LogP contribution in [0.25, 0.3) is 5.70 Å². The van der Waals surface area contributed by atoms with Crippen LogP contribution in [0.4, 0.5) is 23.5 Å². The van der Waals surface area contributed by atoms with Gasteiger partial charge in [-0.1, -0.05) is 12.1 Å². The van der Waals surface area contributed by atoms with E-state index in [0.717, 1.165) is 4.68 Å². The standard InChI is InChI=1S/C19H11F4N5/c20-14-7-5-12(6-8-14)15-9-16(13-3-1-11(10-24)2-4-13)28-18(25-15)26-17(27-28)19(21,22)23/h1-9,16H,(H,25,26,27)/t16-/m1/s1. The Morgan fingerprint density at radius 3 is 2.32 bits per heavy atom. The highest BCUT2D eigenvalue weighted by molar-refractivity contribution is 5.77. The number of halogens is 4. The highest BCUT2D eigenvalue weighted by Crippen LogP contribution is 2.35. The molecule has 0 aliphatic carbocycles. The van der Waals surface area contributed by atoms with E-state index in [1.54, 1.807) is 30.3 Å². The average molecular weight is 385 g/mol. The Kier molecular flexibility index (Phi) is 4.11. The summed E-state index contributed by atoms with van der Waals surface area (Å²) in [5, 5.41) is 15.4. The lowest BCUT2D eigenvalue weighted by atomic mass is 10.0. The smallest absolute Gasteiger partial charge is 0.324 e. The van der Waals surface area contributed by atoms with Crippen molar-refractivity contribution in [3.05, 3.63) is 82.9 Å². The molecule has 5 nitrogen and oxygen atoms in total. The summed E-state index contributed by atoms with van der Waals surface area (Å²) in [6, 6.07) is 13.3. The second-order valence-corrected chi connectivity index (χ2v) is 6.09. The van der Waals surface area contributed by atoms with Gasteiger partial charge in [0.25, 0.3) is 5.82 Å². The number of nitrogens with zero attached hydrogens (tertiary/aromatic N) is 4. The first kappa shape index (κ1) is 17.7. The van der Waals surface area contributed by atoms with E-state index in [1.165, 1.54) is 24.3 Å². The van der Waals surface area contributed by atoms with Crippen LogP contribution in [0.2, 0.25) is 0 Å². The number of aromatic nitrogens is 3. The number of hydrogen-bond acceptors (Lipinski definition) is 4. The van der Waals surface area contributed by atoms with Gasteiger partial charge in [-0.3, -0.25) is 0 Å². The van der Waals surface area contributed by atoms with Crippen LogP contribution in [0, 0.1) is 17.1 Å².